The van der Waals surface area contributed by atoms with Crippen LogP contribution in [0, 0.1) is 0 Å². The van der Waals surface area contributed by atoms with Crippen molar-refractivity contribution in [2.75, 3.05) is 12.4 Å². The predicted molar refractivity (Wildman–Crippen MR) is 108 cm³/mol. The molecule has 0 radical (unpaired) electrons. The lowest BCUT2D eigenvalue weighted by Gasteiger charge is -2.11. The van der Waals surface area contributed by atoms with Crippen molar-refractivity contribution in [2.24, 2.45) is 0 Å². The normalized spacial score (nSPS) is 11.9. The minimum Gasteiger partial charge on any atom is -0.486 e. The SMILES string of the molecule is CCNC(=O)NC(=O)C(C)Sc1nnc(COc2ccc(C(C)C)cc2)n1N. The van der Waals surface area contributed by atoms with Crippen molar-refractivity contribution in [1.29, 1.82) is 0 Å². The zero-order chi connectivity index (χ0) is 20.7. The highest BCUT2D eigenvalue weighted by Gasteiger charge is 2.21. The summed E-state index contributed by atoms with van der Waals surface area (Å²) in [6, 6.07) is 7.30. The van der Waals surface area contributed by atoms with Gasteiger partial charge in [-0.05, 0) is 37.5 Å². The van der Waals surface area contributed by atoms with Gasteiger partial charge in [-0.15, -0.1) is 10.2 Å². The summed E-state index contributed by atoms with van der Waals surface area (Å²) in [6.07, 6.45) is 0. The van der Waals surface area contributed by atoms with Crippen LogP contribution in [0.1, 0.15) is 45.0 Å². The molecule has 2 rings (SSSR count). The van der Waals surface area contributed by atoms with E-state index >= 15 is 0 Å². The second kappa shape index (κ2) is 9.98. The Labute approximate surface area is 168 Å². The number of thioether (sulfide) groups is 1. The van der Waals surface area contributed by atoms with Crippen LogP contribution < -0.4 is 21.2 Å². The summed E-state index contributed by atoms with van der Waals surface area (Å²) in [5, 5.41) is 12.5. The van der Waals surface area contributed by atoms with Gasteiger partial charge < -0.3 is 15.9 Å². The maximum absolute atomic E-state index is 12.0. The first-order valence-corrected chi connectivity index (χ1v) is 9.87. The smallest absolute Gasteiger partial charge is 0.321 e. The van der Waals surface area contributed by atoms with E-state index in [-0.39, 0.29) is 6.61 Å². The second-order valence-electron chi connectivity index (χ2n) is 6.39. The second-order valence-corrected chi connectivity index (χ2v) is 7.70. The Balaban J connectivity index is 1.92. The number of nitrogens with one attached hydrogen (secondary N) is 2. The van der Waals surface area contributed by atoms with Crippen molar-refractivity contribution < 1.29 is 14.3 Å². The van der Waals surface area contributed by atoms with Gasteiger partial charge in [0.15, 0.2) is 5.82 Å². The van der Waals surface area contributed by atoms with Crippen LogP contribution in [0.25, 0.3) is 0 Å². The molecule has 0 aliphatic rings. The fourth-order valence-electron chi connectivity index (χ4n) is 2.21. The van der Waals surface area contributed by atoms with Crippen molar-refractivity contribution in [1.82, 2.24) is 25.5 Å². The number of nitrogens with two attached hydrogens (primary N) is 1. The highest BCUT2D eigenvalue weighted by atomic mass is 32.2. The summed E-state index contributed by atoms with van der Waals surface area (Å²) in [6.45, 7) is 8.25. The Hall–Kier alpha value is -2.75. The summed E-state index contributed by atoms with van der Waals surface area (Å²) in [4.78, 5) is 23.5. The first-order valence-electron chi connectivity index (χ1n) is 8.99. The van der Waals surface area contributed by atoms with E-state index in [1.807, 2.05) is 24.3 Å². The maximum atomic E-state index is 12.0. The van der Waals surface area contributed by atoms with Crippen LogP contribution in [-0.4, -0.2) is 38.6 Å². The average molecular weight is 407 g/mol. The Morgan fingerprint density at radius 1 is 1.21 bits per heavy atom. The maximum Gasteiger partial charge on any atom is 0.321 e. The number of imide groups is 1. The van der Waals surface area contributed by atoms with Gasteiger partial charge in [-0.3, -0.25) is 10.1 Å². The van der Waals surface area contributed by atoms with Crippen LogP contribution in [-0.2, 0) is 11.4 Å². The fourth-order valence-corrected chi connectivity index (χ4v) is 3.00. The number of carbonyl (C=O) groups is 2. The molecule has 3 amide bonds. The van der Waals surface area contributed by atoms with Crippen molar-refractivity contribution in [3.05, 3.63) is 35.7 Å². The standard InChI is InChI=1S/C18H26N6O3S/c1-5-20-17(26)21-16(25)12(4)28-18-23-22-15(24(18)19)10-27-14-8-6-13(7-9-14)11(2)3/h6-9,11-12H,5,10,19H2,1-4H3,(H2,20,21,25,26). The van der Waals surface area contributed by atoms with Gasteiger partial charge in [0.2, 0.25) is 11.1 Å². The molecule has 28 heavy (non-hydrogen) atoms. The number of urea groups is 1. The van der Waals surface area contributed by atoms with Crippen molar-refractivity contribution in [3.63, 3.8) is 0 Å². The molecule has 0 bridgehead atoms. The third kappa shape index (κ3) is 5.88. The molecular weight excluding hydrogens is 380 g/mol. The van der Waals surface area contributed by atoms with Gasteiger partial charge in [0.1, 0.15) is 12.4 Å². The van der Waals surface area contributed by atoms with E-state index in [1.165, 1.54) is 10.2 Å². The number of rotatable bonds is 8. The van der Waals surface area contributed by atoms with Gasteiger partial charge in [0.25, 0.3) is 0 Å². The molecule has 1 unspecified atom stereocenters. The molecule has 0 fully saturated rings. The highest BCUT2D eigenvalue weighted by molar-refractivity contribution is 8.00. The monoisotopic (exact) mass is 406 g/mol. The summed E-state index contributed by atoms with van der Waals surface area (Å²) in [5.41, 5.74) is 1.23. The van der Waals surface area contributed by atoms with Gasteiger partial charge in [-0.1, -0.05) is 37.7 Å². The molecule has 0 aliphatic carbocycles. The first-order chi connectivity index (χ1) is 13.3. The zero-order valence-corrected chi connectivity index (χ0v) is 17.2. The summed E-state index contributed by atoms with van der Waals surface area (Å²) < 4.78 is 6.99. The van der Waals surface area contributed by atoms with E-state index in [4.69, 9.17) is 10.6 Å². The minimum atomic E-state index is -0.577. The van der Waals surface area contributed by atoms with Crippen molar-refractivity contribution >= 4 is 23.7 Å². The molecule has 0 spiro atoms. The molecule has 2 aromatic rings. The third-order valence-electron chi connectivity index (χ3n) is 3.88. The van der Waals surface area contributed by atoms with Gasteiger partial charge in [-0.2, -0.15) is 0 Å². The molecular formula is C18H26N6O3S. The Bertz CT molecular complexity index is 806. The van der Waals surface area contributed by atoms with Crippen LogP contribution in [0.15, 0.2) is 29.4 Å². The lowest BCUT2D eigenvalue weighted by Crippen LogP contribution is -2.42. The van der Waals surface area contributed by atoms with Crippen LogP contribution in [0.5, 0.6) is 5.75 Å². The lowest BCUT2D eigenvalue weighted by atomic mass is 10.0. The number of benzene rings is 1. The zero-order valence-electron chi connectivity index (χ0n) is 16.4. The molecule has 1 aromatic heterocycles. The molecule has 0 saturated carbocycles. The topological polar surface area (TPSA) is 124 Å². The van der Waals surface area contributed by atoms with Crippen LogP contribution in [0.2, 0.25) is 0 Å². The number of hydrogen-bond donors (Lipinski definition) is 3. The van der Waals surface area contributed by atoms with E-state index in [0.29, 0.717) is 29.2 Å². The summed E-state index contributed by atoms with van der Waals surface area (Å²) >= 11 is 1.10. The van der Waals surface area contributed by atoms with E-state index in [0.717, 1.165) is 11.8 Å². The number of aromatic nitrogens is 3. The van der Waals surface area contributed by atoms with Crippen LogP contribution >= 0.6 is 11.8 Å². The third-order valence-corrected chi connectivity index (χ3v) is 4.93. The van der Waals surface area contributed by atoms with E-state index < -0.39 is 17.2 Å². The van der Waals surface area contributed by atoms with E-state index in [9.17, 15) is 9.59 Å². The molecule has 10 heteroatoms. The Morgan fingerprint density at radius 3 is 2.50 bits per heavy atom. The molecule has 9 nitrogen and oxygen atoms in total. The highest BCUT2D eigenvalue weighted by Crippen LogP contribution is 2.22. The number of hydrogen-bond acceptors (Lipinski definition) is 7. The lowest BCUT2D eigenvalue weighted by molar-refractivity contribution is -0.119. The molecule has 0 saturated heterocycles. The first kappa shape index (κ1) is 21.5. The Kier molecular flexibility index (Phi) is 7.68. The van der Waals surface area contributed by atoms with Crippen molar-refractivity contribution in [2.45, 2.75) is 50.6 Å². The number of ether oxygens (including phenoxy) is 1. The van der Waals surface area contributed by atoms with Crippen molar-refractivity contribution in [3.8, 4) is 5.75 Å². The average Bonchev–Trinajstić information content (AvgIpc) is 3.00. The van der Waals surface area contributed by atoms with Gasteiger partial charge in [0.05, 0.1) is 5.25 Å². The largest absolute Gasteiger partial charge is 0.486 e. The minimum absolute atomic E-state index is 0.143. The van der Waals surface area contributed by atoms with Gasteiger partial charge >= 0.3 is 6.03 Å². The summed E-state index contributed by atoms with van der Waals surface area (Å²) in [7, 11) is 0. The van der Waals surface area contributed by atoms with E-state index in [2.05, 4.69) is 34.7 Å². The van der Waals surface area contributed by atoms with E-state index in [1.54, 1.807) is 13.8 Å². The van der Waals surface area contributed by atoms with Crippen LogP contribution in [0.4, 0.5) is 4.79 Å². The number of nitrogens with zero attached hydrogens (tertiary/aromatic N) is 3. The molecule has 152 valence electrons. The summed E-state index contributed by atoms with van der Waals surface area (Å²) in [5.74, 6) is 7.15. The molecule has 4 N–H and O–H groups in total. The molecule has 1 heterocycles. The quantitative estimate of drug-likeness (QED) is 0.452. The predicted octanol–water partition coefficient (Wildman–Crippen LogP) is 2.02. The number of amides is 3. The molecule has 1 aromatic carbocycles. The van der Waals surface area contributed by atoms with Crippen LogP contribution in [0.3, 0.4) is 0 Å². The van der Waals surface area contributed by atoms with Gasteiger partial charge in [-0.25, -0.2) is 9.47 Å². The number of nitrogen functional groups attached to an aromatic ring is 1. The Morgan fingerprint density at radius 2 is 1.89 bits per heavy atom. The number of carbonyl (C=O) groups excluding carboxylic acids is 2. The molecule has 0 aliphatic heterocycles. The fraction of sp³-hybridized carbons (Fsp3) is 0.444. The van der Waals surface area contributed by atoms with Gasteiger partial charge in [0, 0.05) is 6.54 Å². The molecule has 1 atom stereocenters.